The summed E-state index contributed by atoms with van der Waals surface area (Å²) >= 11 is 0. The Balaban J connectivity index is 1.36. The summed E-state index contributed by atoms with van der Waals surface area (Å²) in [6.07, 6.45) is 4.42. The Morgan fingerprint density at radius 3 is 2.23 bits per heavy atom. The molecule has 0 radical (unpaired) electrons. The van der Waals surface area contributed by atoms with E-state index in [1.165, 1.54) is 9.80 Å². The number of hydrogen-bond acceptors (Lipinski definition) is 5. The van der Waals surface area contributed by atoms with Crippen LogP contribution in [0.4, 0.5) is 11.4 Å². The van der Waals surface area contributed by atoms with Crippen molar-refractivity contribution in [2.45, 2.75) is 32.6 Å². The van der Waals surface area contributed by atoms with E-state index in [9.17, 15) is 24.3 Å². The lowest BCUT2D eigenvalue weighted by Crippen LogP contribution is -2.48. The number of allylic oxidation sites excluding steroid dienone is 2. The Morgan fingerprint density at radius 2 is 1.56 bits per heavy atom. The number of aromatic hydroxyl groups is 1. The molecular weight excluding hydrogens is 540 g/mol. The van der Waals surface area contributed by atoms with Crippen LogP contribution in [0.25, 0.3) is 6.08 Å². The largest absolute Gasteiger partial charge is 0.508 e. The fourth-order valence-corrected chi connectivity index (χ4v) is 8.09. The first-order valence-corrected chi connectivity index (χ1v) is 14.7. The monoisotopic (exact) mass is 572 g/mol. The highest BCUT2D eigenvalue weighted by molar-refractivity contribution is 6.25. The van der Waals surface area contributed by atoms with Crippen LogP contribution in [0.5, 0.6) is 5.75 Å². The Morgan fingerprint density at radius 1 is 0.860 bits per heavy atom. The zero-order valence-electron chi connectivity index (χ0n) is 24.1. The lowest BCUT2D eigenvalue weighted by molar-refractivity contribution is -0.131. The summed E-state index contributed by atoms with van der Waals surface area (Å²) in [5, 5.41) is 10.3. The van der Waals surface area contributed by atoms with E-state index in [1.54, 1.807) is 55.5 Å². The number of aryl methyl sites for hydroxylation is 1. The second-order valence-electron chi connectivity index (χ2n) is 12.4. The summed E-state index contributed by atoms with van der Waals surface area (Å²) in [6.45, 7) is 7.45. The van der Waals surface area contributed by atoms with Crippen LogP contribution in [0.1, 0.15) is 42.4 Å². The normalized spacial score (nSPS) is 29.7. The number of carbonyl (C=O) groups is 4. The molecular formula is C36H32N2O5. The van der Waals surface area contributed by atoms with Crippen LogP contribution >= 0.6 is 0 Å². The number of benzene rings is 3. The van der Waals surface area contributed by atoms with Gasteiger partial charge in [-0.2, -0.15) is 0 Å². The van der Waals surface area contributed by atoms with Gasteiger partial charge in [-0.15, -0.1) is 0 Å². The second kappa shape index (κ2) is 9.63. The van der Waals surface area contributed by atoms with Gasteiger partial charge < -0.3 is 5.11 Å². The second-order valence-corrected chi connectivity index (χ2v) is 12.4. The molecule has 1 saturated carbocycles. The number of nitrogens with zero attached hydrogens (tertiary/aromatic N) is 2. The molecule has 0 aromatic heterocycles. The maximum absolute atomic E-state index is 14.4. The predicted molar refractivity (Wildman–Crippen MR) is 163 cm³/mol. The highest BCUT2D eigenvalue weighted by Gasteiger charge is 2.67. The van der Waals surface area contributed by atoms with E-state index in [-0.39, 0.29) is 29.4 Å². The van der Waals surface area contributed by atoms with Crippen molar-refractivity contribution < 1.29 is 24.3 Å². The van der Waals surface area contributed by atoms with E-state index < -0.39 is 35.0 Å². The molecule has 2 aliphatic heterocycles. The molecule has 0 spiro atoms. The highest BCUT2D eigenvalue weighted by atomic mass is 16.3. The van der Waals surface area contributed by atoms with Crippen molar-refractivity contribution in [3.05, 3.63) is 108 Å². The van der Waals surface area contributed by atoms with Gasteiger partial charge in [-0.1, -0.05) is 66.8 Å². The summed E-state index contributed by atoms with van der Waals surface area (Å²) in [6, 6.07) is 21.4. The number of phenolic OH excluding ortho intramolecular Hbond substituents is 1. The molecule has 0 bridgehead atoms. The topological polar surface area (TPSA) is 95.0 Å². The molecule has 7 rings (SSSR count). The first-order chi connectivity index (χ1) is 20.7. The summed E-state index contributed by atoms with van der Waals surface area (Å²) in [5.41, 5.74) is 3.20. The summed E-state index contributed by atoms with van der Waals surface area (Å²) < 4.78 is 0. The summed E-state index contributed by atoms with van der Waals surface area (Å²) in [5.74, 6) is -3.68. The van der Waals surface area contributed by atoms with Crippen molar-refractivity contribution in [2.75, 3.05) is 9.80 Å². The van der Waals surface area contributed by atoms with Crippen LogP contribution in [-0.4, -0.2) is 28.7 Å². The molecule has 0 unspecified atom stereocenters. The van der Waals surface area contributed by atoms with Crippen molar-refractivity contribution in [1.82, 2.24) is 0 Å². The van der Waals surface area contributed by atoms with Gasteiger partial charge in [-0.05, 0) is 79.6 Å². The van der Waals surface area contributed by atoms with Crippen molar-refractivity contribution in [1.29, 1.82) is 0 Å². The standard InChI is InChI=1S/C36H32N2O5/c1-4-21-10-13-24(14-11-21)37-32(40)26-16-15-25-27(30(26)34(37)42)19-28-33(41)38(23-8-6-5-7-9-23)35(43)36(28,3)31(25)22-12-17-29(39)20(2)18-22/h4-15,17-18,26-28,30-31,39H,1,16,19H2,2-3H3/t26-,27+,28-,30-,31-,36+/m0/s1. The number of hydrogen-bond donors (Lipinski definition) is 1. The zero-order valence-corrected chi connectivity index (χ0v) is 24.1. The van der Waals surface area contributed by atoms with E-state index in [0.717, 1.165) is 16.7 Å². The van der Waals surface area contributed by atoms with Gasteiger partial charge in [0.25, 0.3) is 0 Å². The number of anilines is 2. The van der Waals surface area contributed by atoms with Gasteiger partial charge in [0.2, 0.25) is 23.6 Å². The molecule has 6 atom stereocenters. The van der Waals surface area contributed by atoms with Gasteiger partial charge >= 0.3 is 0 Å². The Kier molecular flexibility index (Phi) is 6.06. The molecule has 1 N–H and O–H groups in total. The van der Waals surface area contributed by atoms with Crippen molar-refractivity contribution >= 4 is 41.1 Å². The minimum absolute atomic E-state index is 0.143. The van der Waals surface area contributed by atoms with E-state index in [2.05, 4.69) is 6.58 Å². The molecule has 7 heteroatoms. The van der Waals surface area contributed by atoms with Crippen molar-refractivity contribution in [2.24, 2.45) is 29.1 Å². The fourth-order valence-electron chi connectivity index (χ4n) is 8.09. The molecule has 216 valence electrons. The van der Waals surface area contributed by atoms with Crippen LogP contribution in [-0.2, 0) is 19.2 Å². The SMILES string of the molecule is C=Cc1ccc(N2C(=O)[C@H]3[C@H](CC=C4[C@H]3C[C@H]3C(=O)N(c5ccccc5)C(=O)[C@@]3(C)[C@H]4c3ccc(O)c(C)c3)C2=O)cc1. The molecule has 3 fully saturated rings. The Hall–Kier alpha value is -4.78. The maximum atomic E-state index is 14.4. The smallest absolute Gasteiger partial charge is 0.241 e. The van der Waals surface area contributed by atoms with E-state index in [4.69, 9.17) is 0 Å². The lowest BCUT2D eigenvalue weighted by atomic mass is 9.51. The predicted octanol–water partition coefficient (Wildman–Crippen LogP) is 5.78. The van der Waals surface area contributed by atoms with E-state index in [1.807, 2.05) is 43.3 Å². The summed E-state index contributed by atoms with van der Waals surface area (Å²) in [7, 11) is 0. The highest BCUT2D eigenvalue weighted by Crippen LogP contribution is 2.63. The zero-order chi connectivity index (χ0) is 30.2. The van der Waals surface area contributed by atoms with Gasteiger partial charge in [0, 0.05) is 5.92 Å². The number of phenols is 1. The third kappa shape index (κ3) is 3.73. The average molecular weight is 573 g/mol. The fraction of sp³-hybridized carbons (Fsp3) is 0.278. The van der Waals surface area contributed by atoms with Crippen molar-refractivity contribution in [3.63, 3.8) is 0 Å². The molecule has 3 aromatic carbocycles. The third-order valence-corrected chi connectivity index (χ3v) is 10.2. The van der Waals surface area contributed by atoms with E-state index in [0.29, 0.717) is 29.8 Å². The molecule has 2 saturated heterocycles. The molecule has 2 heterocycles. The number of imide groups is 2. The first-order valence-electron chi connectivity index (χ1n) is 14.7. The number of carbonyl (C=O) groups excluding carboxylic acids is 4. The minimum atomic E-state index is -1.11. The molecule has 7 nitrogen and oxygen atoms in total. The van der Waals surface area contributed by atoms with Gasteiger partial charge in [-0.3, -0.25) is 24.1 Å². The number of para-hydroxylation sites is 1. The molecule has 43 heavy (non-hydrogen) atoms. The third-order valence-electron chi connectivity index (χ3n) is 10.2. The molecule has 2 aliphatic carbocycles. The first kappa shape index (κ1) is 27.1. The van der Waals surface area contributed by atoms with Gasteiger partial charge in [-0.25, -0.2) is 4.90 Å². The van der Waals surface area contributed by atoms with Crippen LogP contribution < -0.4 is 9.80 Å². The van der Waals surface area contributed by atoms with Crippen molar-refractivity contribution in [3.8, 4) is 5.75 Å². The lowest BCUT2D eigenvalue weighted by Gasteiger charge is -2.49. The Bertz CT molecular complexity index is 1740. The minimum Gasteiger partial charge on any atom is -0.508 e. The van der Waals surface area contributed by atoms with Gasteiger partial charge in [0.05, 0.1) is 34.5 Å². The molecule has 4 aliphatic rings. The van der Waals surface area contributed by atoms with Crippen LogP contribution in [0.15, 0.2) is 91.0 Å². The number of amides is 4. The van der Waals surface area contributed by atoms with Crippen LogP contribution in [0.2, 0.25) is 0 Å². The van der Waals surface area contributed by atoms with Crippen LogP contribution in [0, 0.1) is 36.0 Å². The van der Waals surface area contributed by atoms with Crippen LogP contribution in [0.3, 0.4) is 0 Å². The molecule has 4 amide bonds. The van der Waals surface area contributed by atoms with E-state index >= 15 is 0 Å². The van der Waals surface area contributed by atoms with Gasteiger partial charge in [0.15, 0.2) is 0 Å². The molecule has 3 aromatic rings. The maximum Gasteiger partial charge on any atom is 0.241 e. The summed E-state index contributed by atoms with van der Waals surface area (Å²) in [4.78, 5) is 59.1. The number of rotatable bonds is 4. The van der Waals surface area contributed by atoms with Gasteiger partial charge in [0.1, 0.15) is 5.75 Å². The quantitative estimate of drug-likeness (QED) is 0.316. The Labute approximate surface area is 250 Å². The average Bonchev–Trinajstić information content (AvgIpc) is 3.38. The number of fused-ring (bicyclic) bond motifs is 4.